The third-order valence-electron chi connectivity index (χ3n) is 4.72. The molecule has 4 N–H and O–H groups in total. The molecule has 0 radical (unpaired) electrons. The number of pyridine rings is 2. The van der Waals surface area contributed by atoms with Crippen molar-refractivity contribution >= 4 is 11.0 Å². The molecule has 9 heteroatoms. The standard InChI is InChI=1S/C19H18FN3O4.C2H7N/c1-21-18(25)13-16(24)14-15-17(27-7-6-23(15)19(13)26)11(9-22-14)8-10-2-4-12(20)5-3-10;1-3-2/h2-5,9,18,21,24-25H,6-8H2,1H3;3H,1-2H3. The number of ether oxygens (including phenoxy) is 1. The molecule has 0 saturated carbocycles. The van der Waals surface area contributed by atoms with Crippen LogP contribution in [0.25, 0.3) is 11.0 Å². The lowest BCUT2D eigenvalue weighted by atomic mass is 10.0. The summed E-state index contributed by atoms with van der Waals surface area (Å²) >= 11 is 0. The van der Waals surface area contributed by atoms with E-state index < -0.39 is 11.8 Å². The second-order valence-corrected chi connectivity index (χ2v) is 6.87. The predicted molar refractivity (Wildman–Crippen MR) is 111 cm³/mol. The van der Waals surface area contributed by atoms with Crippen molar-refractivity contribution in [1.29, 1.82) is 0 Å². The summed E-state index contributed by atoms with van der Waals surface area (Å²) in [5.41, 5.74) is 1.54. The molecular weight excluding hydrogens is 391 g/mol. The quantitative estimate of drug-likeness (QED) is 0.475. The smallest absolute Gasteiger partial charge is 0.262 e. The summed E-state index contributed by atoms with van der Waals surface area (Å²) < 4.78 is 20.4. The molecule has 0 spiro atoms. The third-order valence-corrected chi connectivity index (χ3v) is 4.72. The number of benzene rings is 1. The van der Waals surface area contributed by atoms with Gasteiger partial charge in [0.15, 0.2) is 11.5 Å². The van der Waals surface area contributed by atoms with Crippen molar-refractivity contribution in [3.05, 3.63) is 63.3 Å². The maximum atomic E-state index is 13.1. The maximum absolute atomic E-state index is 13.1. The van der Waals surface area contributed by atoms with Crippen molar-refractivity contribution < 1.29 is 19.3 Å². The summed E-state index contributed by atoms with van der Waals surface area (Å²) in [5, 5.41) is 25.9. The van der Waals surface area contributed by atoms with E-state index in [2.05, 4.69) is 15.6 Å². The molecule has 8 nitrogen and oxygen atoms in total. The summed E-state index contributed by atoms with van der Waals surface area (Å²) in [7, 11) is 5.23. The van der Waals surface area contributed by atoms with E-state index >= 15 is 0 Å². The molecular formula is C21H25FN4O4. The Bertz CT molecular complexity index is 1100. The number of nitrogens with one attached hydrogen (secondary N) is 2. The van der Waals surface area contributed by atoms with Crippen molar-refractivity contribution in [1.82, 2.24) is 20.2 Å². The Hall–Kier alpha value is -3.01. The van der Waals surface area contributed by atoms with Crippen LogP contribution in [-0.2, 0) is 13.0 Å². The van der Waals surface area contributed by atoms with Gasteiger partial charge in [-0.2, -0.15) is 0 Å². The van der Waals surface area contributed by atoms with Gasteiger partial charge in [0.1, 0.15) is 35.2 Å². The van der Waals surface area contributed by atoms with Gasteiger partial charge in [0.05, 0.1) is 6.54 Å². The Balaban J connectivity index is 0.000000806. The lowest BCUT2D eigenvalue weighted by Crippen LogP contribution is -2.33. The minimum atomic E-state index is -1.31. The summed E-state index contributed by atoms with van der Waals surface area (Å²) in [6.45, 7) is 0.566. The number of hydrogen-bond acceptors (Lipinski definition) is 7. The predicted octanol–water partition coefficient (Wildman–Crippen LogP) is 1.27. The van der Waals surface area contributed by atoms with Gasteiger partial charge in [0, 0.05) is 18.2 Å². The maximum Gasteiger partial charge on any atom is 0.262 e. The number of rotatable bonds is 4. The van der Waals surface area contributed by atoms with E-state index in [4.69, 9.17) is 4.74 Å². The van der Waals surface area contributed by atoms with Crippen LogP contribution < -0.4 is 20.9 Å². The molecule has 0 amide bonds. The molecule has 0 fully saturated rings. The Morgan fingerprint density at radius 3 is 2.57 bits per heavy atom. The molecule has 160 valence electrons. The zero-order valence-electron chi connectivity index (χ0n) is 17.1. The van der Waals surface area contributed by atoms with Crippen LogP contribution in [0.3, 0.4) is 0 Å². The van der Waals surface area contributed by atoms with Crippen molar-refractivity contribution in [3.63, 3.8) is 0 Å². The average Bonchev–Trinajstić information content (AvgIpc) is 2.74. The molecule has 4 rings (SSSR count). The van der Waals surface area contributed by atoms with E-state index in [9.17, 15) is 19.4 Å². The summed E-state index contributed by atoms with van der Waals surface area (Å²) in [5.74, 6) is -0.219. The molecule has 1 unspecified atom stereocenters. The summed E-state index contributed by atoms with van der Waals surface area (Å²) in [6.07, 6.45) is 0.697. The molecule has 1 aliphatic heterocycles. The Morgan fingerprint density at radius 2 is 1.93 bits per heavy atom. The highest BCUT2D eigenvalue weighted by atomic mass is 19.1. The monoisotopic (exact) mass is 416 g/mol. The van der Waals surface area contributed by atoms with E-state index in [1.807, 2.05) is 14.1 Å². The lowest BCUT2D eigenvalue weighted by molar-refractivity contribution is 0.143. The molecule has 3 aromatic rings. The first-order valence-electron chi connectivity index (χ1n) is 9.51. The van der Waals surface area contributed by atoms with Crippen LogP contribution in [0, 0.1) is 5.82 Å². The van der Waals surface area contributed by atoms with Gasteiger partial charge in [-0.15, -0.1) is 0 Å². The molecule has 3 heterocycles. The van der Waals surface area contributed by atoms with Gasteiger partial charge in [0.25, 0.3) is 5.56 Å². The molecule has 0 aliphatic carbocycles. The van der Waals surface area contributed by atoms with E-state index in [0.29, 0.717) is 17.7 Å². The fourth-order valence-corrected chi connectivity index (χ4v) is 3.37. The van der Waals surface area contributed by atoms with Crippen molar-refractivity contribution in [2.75, 3.05) is 27.7 Å². The van der Waals surface area contributed by atoms with Crippen molar-refractivity contribution in [2.24, 2.45) is 0 Å². The topological polar surface area (TPSA) is 109 Å². The van der Waals surface area contributed by atoms with Crippen LogP contribution in [0.2, 0.25) is 0 Å². The summed E-state index contributed by atoms with van der Waals surface area (Å²) in [4.78, 5) is 17.1. The second-order valence-electron chi connectivity index (χ2n) is 6.87. The number of aromatic hydroxyl groups is 1. The van der Waals surface area contributed by atoms with Gasteiger partial charge in [-0.3, -0.25) is 19.7 Å². The molecule has 0 bridgehead atoms. The highest BCUT2D eigenvalue weighted by Crippen LogP contribution is 2.37. The first kappa shape index (κ1) is 21.7. The van der Waals surface area contributed by atoms with Crippen LogP contribution in [-0.4, -0.2) is 47.5 Å². The average molecular weight is 416 g/mol. The van der Waals surface area contributed by atoms with E-state index in [0.717, 1.165) is 11.1 Å². The Labute approximate surface area is 173 Å². The van der Waals surface area contributed by atoms with Gasteiger partial charge in [-0.1, -0.05) is 12.1 Å². The van der Waals surface area contributed by atoms with Crippen LogP contribution in [0.4, 0.5) is 4.39 Å². The van der Waals surface area contributed by atoms with Crippen LogP contribution in [0.1, 0.15) is 22.9 Å². The van der Waals surface area contributed by atoms with Crippen LogP contribution >= 0.6 is 0 Å². The number of aliphatic hydroxyl groups excluding tert-OH is 1. The molecule has 2 aromatic heterocycles. The number of aliphatic hydroxyl groups is 1. The zero-order valence-corrected chi connectivity index (χ0v) is 17.1. The molecule has 1 aromatic carbocycles. The minimum Gasteiger partial charge on any atom is -0.505 e. The Morgan fingerprint density at radius 1 is 1.27 bits per heavy atom. The molecule has 0 saturated heterocycles. The second kappa shape index (κ2) is 9.21. The van der Waals surface area contributed by atoms with Crippen molar-refractivity contribution in [2.45, 2.75) is 19.2 Å². The van der Waals surface area contributed by atoms with E-state index in [1.54, 1.807) is 18.3 Å². The van der Waals surface area contributed by atoms with E-state index in [1.165, 1.54) is 23.7 Å². The number of aromatic nitrogens is 2. The first-order chi connectivity index (χ1) is 14.4. The lowest BCUT2D eigenvalue weighted by Gasteiger charge is -2.24. The highest BCUT2D eigenvalue weighted by Gasteiger charge is 2.27. The largest absolute Gasteiger partial charge is 0.505 e. The van der Waals surface area contributed by atoms with Gasteiger partial charge in [0.2, 0.25) is 0 Å². The van der Waals surface area contributed by atoms with Crippen molar-refractivity contribution in [3.8, 4) is 11.5 Å². The fourth-order valence-electron chi connectivity index (χ4n) is 3.37. The number of halogens is 1. The van der Waals surface area contributed by atoms with Gasteiger partial charge < -0.3 is 20.3 Å². The minimum absolute atomic E-state index is 0.142. The normalized spacial score (nSPS) is 13.4. The Kier molecular flexibility index (Phi) is 6.66. The van der Waals surface area contributed by atoms with E-state index in [-0.39, 0.29) is 35.8 Å². The SMILES string of the molecule is CNC.CNC(O)c1c(O)c2ncc(Cc3ccc(F)cc3)c3c2n(c1=O)CCO3. The number of hydrogen-bond donors (Lipinski definition) is 4. The van der Waals surface area contributed by atoms with Gasteiger partial charge in [-0.25, -0.2) is 4.39 Å². The van der Waals surface area contributed by atoms with Crippen LogP contribution in [0.15, 0.2) is 35.3 Å². The fraction of sp³-hybridized carbons (Fsp3) is 0.333. The van der Waals surface area contributed by atoms with Gasteiger partial charge in [-0.05, 0) is 38.8 Å². The summed E-state index contributed by atoms with van der Waals surface area (Å²) in [6, 6.07) is 6.10. The highest BCUT2D eigenvalue weighted by molar-refractivity contribution is 5.89. The van der Waals surface area contributed by atoms with Crippen LogP contribution in [0.5, 0.6) is 11.5 Å². The molecule has 30 heavy (non-hydrogen) atoms. The van der Waals surface area contributed by atoms with Gasteiger partial charge >= 0.3 is 0 Å². The molecule has 1 atom stereocenters. The third kappa shape index (κ3) is 4.00. The molecule has 1 aliphatic rings. The first-order valence-corrected chi connectivity index (χ1v) is 9.51. The number of nitrogens with zero attached hydrogens (tertiary/aromatic N) is 2. The zero-order chi connectivity index (χ0) is 21.8.